The average Bonchev–Trinajstić information content (AvgIpc) is 3.43. The summed E-state index contributed by atoms with van der Waals surface area (Å²) in [6, 6.07) is 10.8. The molecule has 0 saturated carbocycles. The maximum absolute atomic E-state index is 5.13. The molecule has 4 heterocycles. The molecule has 1 N–H and O–H groups in total. The number of hydrogen-bond acceptors (Lipinski definition) is 4. The topological polar surface area (TPSA) is 46.0 Å². The Kier molecular flexibility index (Phi) is 7.71. The number of pyridine rings is 1. The zero-order valence-corrected chi connectivity index (χ0v) is 21.3. The first-order valence-electron chi connectivity index (χ1n) is 12.9. The minimum atomic E-state index is 0.492. The Labute approximate surface area is 204 Å². The van der Waals surface area contributed by atoms with Crippen molar-refractivity contribution in [3.05, 3.63) is 72.0 Å². The van der Waals surface area contributed by atoms with Gasteiger partial charge in [0.05, 0.1) is 5.69 Å². The first kappa shape index (κ1) is 24.1. The van der Waals surface area contributed by atoms with Crippen LogP contribution >= 0.6 is 0 Å². The van der Waals surface area contributed by atoms with Gasteiger partial charge in [-0.1, -0.05) is 63.6 Å². The van der Waals surface area contributed by atoms with Crippen molar-refractivity contribution in [1.29, 1.82) is 0 Å². The lowest BCUT2D eigenvalue weighted by molar-refractivity contribution is 0.461. The van der Waals surface area contributed by atoms with Crippen LogP contribution in [-0.4, -0.2) is 27.6 Å². The number of nitrogens with one attached hydrogen (secondary N) is 1. The van der Waals surface area contributed by atoms with Gasteiger partial charge in [-0.15, -0.1) is 0 Å². The van der Waals surface area contributed by atoms with E-state index < -0.39 is 0 Å². The number of hydrogen-bond donors (Lipinski definition) is 1. The summed E-state index contributed by atoms with van der Waals surface area (Å²) in [6.07, 6.45) is 9.61. The first-order valence-corrected chi connectivity index (χ1v) is 12.9. The van der Waals surface area contributed by atoms with Gasteiger partial charge in [-0.05, 0) is 32.3 Å². The molecule has 5 nitrogen and oxygen atoms in total. The lowest BCUT2D eigenvalue weighted by Crippen LogP contribution is -2.34. The van der Waals surface area contributed by atoms with Crippen LogP contribution in [-0.2, 0) is 13.0 Å². The summed E-state index contributed by atoms with van der Waals surface area (Å²) in [7, 11) is 0. The van der Waals surface area contributed by atoms with E-state index in [0.717, 1.165) is 62.5 Å². The number of allylic oxidation sites excluding steroid dienone is 1. The van der Waals surface area contributed by atoms with E-state index in [1.54, 1.807) is 0 Å². The molecule has 5 rings (SSSR count). The fourth-order valence-electron chi connectivity index (χ4n) is 4.88. The van der Waals surface area contributed by atoms with Gasteiger partial charge in [0.25, 0.3) is 0 Å². The Balaban J connectivity index is 0.000000868. The molecule has 1 fully saturated rings. The zero-order valence-electron chi connectivity index (χ0n) is 21.3. The minimum Gasteiger partial charge on any atom is -0.359 e. The SMILES string of the molecule is C=C1Cc2c(ccnc2N2CCC(c3nc(-c4ccc(C)cc4)cn3CCC)CC2)N1.CCC. The highest BCUT2D eigenvalue weighted by molar-refractivity contribution is 5.70. The second kappa shape index (κ2) is 10.9. The molecule has 0 unspecified atom stereocenters. The smallest absolute Gasteiger partial charge is 0.134 e. The van der Waals surface area contributed by atoms with Crippen molar-refractivity contribution in [2.45, 2.75) is 72.3 Å². The molecule has 0 spiro atoms. The Bertz CT molecular complexity index is 1100. The Hall–Kier alpha value is -3.08. The number of nitrogens with zero attached hydrogens (tertiary/aromatic N) is 4. The third-order valence-corrected chi connectivity index (χ3v) is 6.51. The Morgan fingerprint density at radius 1 is 1.06 bits per heavy atom. The molecule has 5 heteroatoms. The van der Waals surface area contributed by atoms with Crippen LogP contribution in [0, 0.1) is 6.92 Å². The molecule has 3 aromatic rings. The largest absolute Gasteiger partial charge is 0.359 e. The molecule has 0 amide bonds. The summed E-state index contributed by atoms with van der Waals surface area (Å²) < 4.78 is 2.39. The number of aromatic nitrogens is 3. The molecule has 0 atom stereocenters. The van der Waals surface area contributed by atoms with Crippen LogP contribution in [0.4, 0.5) is 11.5 Å². The molecule has 180 valence electrons. The predicted octanol–water partition coefficient (Wildman–Crippen LogP) is 6.95. The van der Waals surface area contributed by atoms with Crippen LogP contribution in [0.5, 0.6) is 0 Å². The fourth-order valence-corrected chi connectivity index (χ4v) is 4.88. The molecule has 34 heavy (non-hydrogen) atoms. The molecular formula is C29H39N5. The first-order chi connectivity index (χ1) is 16.5. The van der Waals surface area contributed by atoms with Gasteiger partial charge < -0.3 is 14.8 Å². The van der Waals surface area contributed by atoms with Crippen molar-refractivity contribution in [3.8, 4) is 11.3 Å². The molecule has 1 aromatic carbocycles. The van der Waals surface area contributed by atoms with E-state index in [9.17, 15) is 0 Å². The van der Waals surface area contributed by atoms with Gasteiger partial charge in [0.15, 0.2) is 0 Å². The predicted molar refractivity (Wildman–Crippen MR) is 144 cm³/mol. The van der Waals surface area contributed by atoms with Crippen LogP contribution in [0.15, 0.2) is 55.0 Å². The van der Waals surface area contributed by atoms with E-state index in [4.69, 9.17) is 9.97 Å². The summed E-state index contributed by atoms with van der Waals surface area (Å²) >= 11 is 0. The normalized spacial score (nSPS) is 15.5. The van der Waals surface area contributed by atoms with E-state index in [1.165, 1.54) is 34.6 Å². The van der Waals surface area contributed by atoms with Crippen molar-refractivity contribution in [3.63, 3.8) is 0 Å². The van der Waals surface area contributed by atoms with Crippen LogP contribution in [0.2, 0.25) is 0 Å². The summed E-state index contributed by atoms with van der Waals surface area (Å²) in [6.45, 7) is 15.8. The molecule has 2 aliphatic heterocycles. The van der Waals surface area contributed by atoms with Gasteiger partial charge in [0.2, 0.25) is 0 Å². The standard InChI is InChI=1S/C26H31N5.C3H8/c1-4-13-31-17-24(20-7-5-18(2)6-8-20)29-25(31)21-10-14-30(15-11-21)26-22-16-19(3)28-23(22)9-12-27-26;1-3-2/h5-9,12,17,21,28H,3-4,10-11,13-16H2,1-2H3;3H2,1-2H3. The second-order valence-electron chi connectivity index (χ2n) is 9.58. The maximum Gasteiger partial charge on any atom is 0.134 e. The molecule has 2 aromatic heterocycles. The zero-order chi connectivity index (χ0) is 24.1. The highest BCUT2D eigenvalue weighted by Crippen LogP contribution is 2.37. The summed E-state index contributed by atoms with van der Waals surface area (Å²) in [5, 5.41) is 3.38. The van der Waals surface area contributed by atoms with Gasteiger partial charge in [-0.25, -0.2) is 9.97 Å². The van der Waals surface area contributed by atoms with Crippen LogP contribution in [0.1, 0.15) is 69.3 Å². The number of imidazole rings is 1. The number of fused-ring (bicyclic) bond motifs is 1. The average molecular weight is 458 g/mol. The molecule has 0 radical (unpaired) electrons. The second-order valence-corrected chi connectivity index (χ2v) is 9.58. The van der Waals surface area contributed by atoms with Crippen LogP contribution in [0.3, 0.4) is 0 Å². The highest BCUT2D eigenvalue weighted by Gasteiger charge is 2.28. The molecule has 2 aliphatic rings. The van der Waals surface area contributed by atoms with E-state index in [2.05, 4.69) is 85.6 Å². The number of rotatable bonds is 5. The van der Waals surface area contributed by atoms with Gasteiger partial charge in [-0.2, -0.15) is 0 Å². The maximum atomic E-state index is 5.13. The van der Waals surface area contributed by atoms with Crippen LogP contribution < -0.4 is 10.2 Å². The van der Waals surface area contributed by atoms with Crippen molar-refractivity contribution in [2.24, 2.45) is 0 Å². The summed E-state index contributed by atoms with van der Waals surface area (Å²) in [4.78, 5) is 12.3. The molecular weight excluding hydrogens is 418 g/mol. The lowest BCUT2D eigenvalue weighted by atomic mass is 9.95. The molecule has 0 bridgehead atoms. The minimum absolute atomic E-state index is 0.492. The van der Waals surface area contributed by atoms with Gasteiger partial charge in [-0.3, -0.25) is 0 Å². The fraction of sp³-hybridized carbons (Fsp3) is 0.448. The monoisotopic (exact) mass is 457 g/mol. The third kappa shape index (κ3) is 5.19. The number of anilines is 2. The quantitative estimate of drug-likeness (QED) is 0.450. The Morgan fingerprint density at radius 2 is 1.76 bits per heavy atom. The van der Waals surface area contributed by atoms with E-state index in [0.29, 0.717) is 5.92 Å². The molecule has 0 aliphatic carbocycles. The van der Waals surface area contributed by atoms with E-state index in [-0.39, 0.29) is 0 Å². The summed E-state index contributed by atoms with van der Waals surface area (Å²) in [5.41, 5.74) is 7.10. The van der Waals surface area contributed by atoms with Crippen molar-refractivity contribution >= 4 is 11.5 Å². The van der Waals surface area contributed by atoms with Crippen molar-refractivity contribution < 1.29 is 0 Å². The van der Waals surface area contributed by atoms with Crippen molar-refractivity contribution in [1.82, 2.24) is 14.5 Å². The van der Waals surface area contributed by atoms with Gasteiger partial charge >= 0.3 is 0 Å². The number of aryl methyl sites for hydroxylation is 2. The van der Waals surface area contributed by atoms with E-state index >= 15 is 0 Å². The molecule has 1 saturated heterocycles. The highest BCUT2D eigenvalue weighted by atomic mass is 15.2. The van der Waals surface area contributed by atoms with Gasteiger partial charge in [0, 0.05) is 66.9 Å². The lowest BCUT2D eigenvalue weighted by Gasteiger charge is -2.33. The summed E-state index contributed by atoms with van der Waals surface area (Å²) in [5.74, 6) is 2.87. The number of piperidine rings is 1. The van der Waals surface area contributed by atoms with E-state index in [1.807, 2.05) is 6.20 Å². The van der Waals surface area contributed by atoms with Crippen molar-refractivity contribution in [2.75, 3.05) is 23.3 Å². The van der Waals surface area contributed by atoms with Gasteiger partial charge in [0.1, 0.15) is 11.6 Å². The third-order valence-electron chi connectivity index (χ3n) is 6.51. The Morgan fingerprint density at radius 3 is 2.44 bits per heavy atom. The number of benzene rings is 1. The van der Waals surface area contributed by atoms with Crippen LogP contribution in [0.25, 0.3) is 11.3 Å².